The zero-order valence-electron chi connectivity index (χ0n) is 12.3. The number of sulfone groups is 1. The zero-order chi connectivity index (χ0) is 16.3. The summed E-state index contributed by atoms with van der Waals surface area (Å²) >= 11 is 11.7. The lowest BCUT2D eigenvalue weighted by Gasteiger charge is -2.17. The molecule has 122 valence electrons. The zero-order valence-corrected chi connectivity index (χ0v) is 14.6. The molecule has 1 fully saturated rings. The van der Waals surface area contributed by atoms with Crippen molar-refractivity contribution >= 4 is 38.9 Å². The van der Waals surface area contributed by atoms with E-state index in [0.717, 1.165) is 25.7 Å². The average Bonchev–Trinajstić information content (AvgIpc) is 2.94. The lowest BCUT2D eigenvalue weighted by Crippen LogP contribution is -2.42. The van der Waals surface area contributed by atoms with Crippen molar-refractivity contribution in [2.45, 2.75) is 49.7 Å². The van der Waals surface area contributed by atoms with E-state index in [1.54, 1.807) is 12.1 Å². The van der Waals surface area contributed by atoms with Gasteiger partial charge in [-0.3, -0.25) is 4.79 Å². The van der Waals surface area contributed by atoms with Crippen LogP contribution in [0.15, 0.2) is 18.2 Å². The minimum absolute atomic E-state index is 0.107. The van der Waals surface area contributed by atoms with E-state index in [9.17, 15) is 13.2 Å². The molecule has 22 heavy (non-hydrogen) atoms. The van der Waals surface area contributed by atoms with Crippen molar-refractivity contribution in [3.8, 4) is 0 Å². The van der Waals surface area contributed by atoms with Crippen LogP contribution in [0.5, 0.6) is 0 Å². The summed E-state index contributed by atoms with van der Waals surface area (Å²) in [5, 5.41) is 2.42. The third-order valence-corrected chi connectivity index (χ3v) is 6.73. The highest BCUT2D eigenvalue weighted by atomic mass is 35.5. The van der Waals surface area contributed by atoms with E-state index in [0.29, 0.717) is 15.6 Å². The molecule has 1 aliphatic rings. The van der Waals surface area contributed by atoms with Crippen LogP contribution in [-0.2, 0) is 20.4 Å². The van der Waals surface area contributed by atoms with Crippen molar-refractivity contribution in [1.82, 2.24) is 5.32 Å². The lowest BCUT2D eigenvalue weighted by molar-refractivity contribution is -0.121. The Hall–Kier alpha value is -0.780. The van der Waals surface area contributed by atoms with Gasteiger partial charge in [0, 0.05) is 6.04 Å². The van der Waals surface area contributed by atoms with Crippen LogP contribution in [0.4, 0.5) is 0 Å². The van der Waals surface area contributed by atoms with Crippen LogP contribution in [0.3, 0.4) is 0 Å². The third kappa shape index (κ3) is 4.37. The van der Waals surface area contributed by atoms with E-state index in [-0.39, 0.29) is 11.8 Å². The van der Waals surface area contributed by atoms with Crippen LogP contribution < -0.4 is 5.32 Å². The Bertz CT molecular complexity index is 655. The van der Waals surface area contributed by atoms with Gasteiger partial charge in [0.05, 0.1) is 15.8 Å². The van der Waals surface area contributed by atoms with Crippen LogP contribution in [0.25, 0.3) is 0 Å². The second-order valence-electron chi connectivity index (χ2n) is 5.69. The Labute approximate surface area is 141 Å². The van der Waals surface area contributed by atoms with Crippen molar-refractivity contribution in [3.63, 3.8) is 0 Å². The molecule has 1 aromatic rings. The summed E-state index contributed by atoms with van der Waals surface area (Å²) in [6.07, 6.45) is 4.00. The Kier molecular flexibility index (Phi) is 5.75. The molecule has 1 atom stereocenters. The topological polar surface area (TPSA) is 63.2 Å². The van der Waals surface area contributed by atoms with E-state index in [1.165, 1.54) is 13.0 Å². The van der Waals surface area contributed by atoms with Crippen LogP contribution in [0.1, 0.15) is 38.2 Å². The Morgan fingerprint density at radius 1 is 1.27 bits per heavy atom. The summed E-state index contributed by atoms with van der Waals surface area (Å²) in [5.41, 5.74) is 0.523. The Morgan fingerprint density at radius 3 is 2.50 bits per heavy atom. The normalized spacial score (nSPS) is 17.4. The molecule has 0 saturated heterocycles. The maximum Gasteiger partial charge on any atom is 0.238 e. The molecule has 2 rings (SSSR count). The van der Waals surface area contributed by atoms with Gasteiger partial charge in [-0.15, -0.1) is 0 Å². The third-order valence-electron chi connectivity index (χ3n) is 3.96. The summed E-state index contributed by atoms with van der Waals surface area (Å²) in [6, 6.07) is 4.78. The molecule has 0 unspecified atom stereocenters. The Balaban J connectivity index is 2.04. The van der Waals surface area contributed by atoms with Crippen LogP contribution >= 0.6 is 23.2 Å². The highest BCUT2D eigenvalue weighted by Crippen LogP contribution is 2.24. The minimum atomic E-state index is -3.60. The van der Waals surface area contributed by atoms with Crippen LogP contribution in [0.2, 0.25) is 10.0 Å². The summed E-state index contributed by atoms with van der Waals surface area (Å²) in [5.74, 6) is -0.657. The van der Waals surface area contributed by atoms with Crippen LogP contribution in [0, 0.1) is 0 Å². The number of rotatable bonds is 5. The molecule has 0 aliphatic heterocycles. The number of hydrogen-bond acceptors (Lipinski definition) is 3. The van der Waals surface area contributed by atoms with Gasteiger partial charge in [0.25, 0.3) is 0 Å². The Morgan fingerprint density at radius 2 is 1.91 bits per heavy atom. The molecule has 4 nitrogen and oxygen atoms in total. The summed E-state index contributed by atoms with van der Waals surface area (Å²) in [6.45, 7) is 1.43. The minimum Gasteiger partial charge on any atom is -0.352 e. The highest BCUT2D eigenvalue weighted by Gasteiger charge is 2.30. The van der Waals surface area contributed by atoms with Gasteiger partial charge in [-0.2, -0.15) is 0 Å². The van der Waals surface area contributed by atoms with E-state index in [4.69, 9.17) is 23.2 Å². The molecule has 0 aromatic heterocycles. The van der Waals surface area contributed by atoms with E-state index < -0.39 is 21.0 Å². The fraction of sp³-hybridized carbons (Fsp3) is 0.533. The summed E-state index contributed by atoms with van der Waals surface area (Å²) in [4.78, 5) is 12.1. The van der Waals surface area contributed by atoms with Crippen molar-refractivity contribution < 1.29 is 13.2 Å². The number of nitrogens with one attached hydrogen (secondary N) is 1. The first-order valence-corrected chi connectivity index (χ1v) is 9.72. The molecular weight excluding hydrogens is 345 g/mol. The van der Waals surface area contributed by atoms with Crippen LogP contribution in [-0.4, -0.2) is 25.6 Å². The molecule has 1 N–H and O–H groups in total. The molecule has 1 aromatic carbocycles. The van der Waals surface area contributed by atoms with Gasteiger partial charge >= 0.3 is 0 Å². The lowest BCUT2D eigenvalue weighted by atomic mass is 10.2. The van der Waals surface area contributed by atoms with Gasteiger partial charge in [-0.05, 0) is 37.5 Å². The first kappa shape index (κ1) is 17.6. The number of halogens is 2. The van der Waals surface area contributed by atoms with E-state index >= 15 is 0 Å². The van der Waals surface area contributed by atoms with Gasteiger partial charge in [0.1, 0.15) is 5.25 Å². The van der Waals surface area contributed by atoms with Crippen molar-refractivity contribution in [2.24, 2.45) is 0 Å². The smallest absolute Gasteiger partial charge is 0.238 e. The first-order chi connectivity index (χ1) is 10.3. The van der Waals surface area contributed by atoms with Gasteiger partial charge in [0.2, 0.25) is 5.91 Å². The quantitative estimate of drug-likeness (QED) is 0.872. The number of carbonyl (C=O) groups excluding carboxylic acids is 1. The van der Waals surface area contributed by atoms with Gasteiger partial charge in [0.15, 0.2) is 9.84 Å². The van der Waals surface area contributed by atoms with Crippen molar-refractivity contribution in [2.75, 3.05) is 0 Å². The maximum absolute atomic E-state index is 12.4. The largest absolute Gasteiger partial charge is 0.352 e. The molecule has 1 saturated carbocycles. The SMILES string of the molecule is C[C@H](C(=O)NC1CCCC1)S(=O)(=O)Cc1ccc(Cl)c(Cl)c1. The maximum atomic E-state index is 12.4. The van der Waals surface area contributed by atoms with Crippen molar-refractivity contribution in [1.29, 1.82) is 0 Å². The molecular formula is C15H19Cl2NO3S. The average molecular weight is 364 g/mol. The second-order valence-corrected chi connectivity index (χ2v) is 8.82. The first-order valence-electron chi connectivity index (χ1n) is 7.25. The molecule has 1 amide bonds. The molecule has 0 bridgehead atoms. The molecule has 0 spiro atoms. The second kappa shape index (κ2) is 7.20. The van der Waals surface area contributed by atoms with Gasteiger partial charge < -0.3 is 5.32 Å². The summed E-state index contributed by atoms with van der Waals surface area (Å²) in [7, 11) is -3.60. The van der Waals surface area contributed by atoms with E-state index in [1.807, 2.05) is 0 Å². The molecule has 1 aliphatic carbocycles. The van der Waals surface area contributed by atoms with Crippen molar-refractivity contribution in [3.05, 3.63) is 33.8 Å². The van der Waals surface area contributed by atoms with Gasteiger partial charge in [-0.1, -0.05) is 42.1 Å². The summed E-state index contributed by atoms with van der Waals surface area (Å²) < 4.78 is 24.7. The van der Waals surface area contributed by atoms with Gasteiger partial charge in [-0.25, -0.2) is 8.42 Å². The number of carbonyl (C=O) groups is 1. The predicted molar refractivity (Wildman–Crippen MR) is 88.9 cm³/mol. The number of hydrogen-bond donors (Lipinski definition) is 1. The standard InChI is InChI=1S/C15H19Cl2NO3S/c1-10(15(19)18-12-4-2-3-5-12)22(20,21)9-11-6-7-13(16)14(17)8-11/h6-8,10,12H,2-5,9H2,1H3,(H,18,19)/t10-/m1/s1. The monoisotopic (exact) mass is 363 g/mol. The number of benzene rings is 1. The molecule has 0 radical (unpaired) electrons. The molecule has 7 heteroatoms. The predicted octanol–water partition coefficient (Wildman–Crippen LogP) is 3.36. The molecule has 0 heterocycles. The fourth-order valence-corrected chi connectivity index (χ4v) is 4.15. The highest BCUT2D eigenvalue weighted by molar-refractivity contribution is 7.92. The number of amides is 1. The fourth-order valence-electron chi connectivity index (χ4n) is 2.54. The van der Waals surface area contributed by atoms with E-state index in [2.05, 4.69) is 5.32 Å².